The molecule has 0 aliphatic rings. The first-order chi connectivity index (χ1) is 7.88. The molecule has 0 unspecified atom stereocenters. The summed E-state index contributed by atoms with van der Waals surface area (Å²) in [5, 5.41) is 20.3. The molecule has 0 saturated heterocycles. The maximum atomic E-state index is 10.9. The van der Waals surface area contributed by atoms with E-state index in [1.165, 1.54) is 0 Å². The highest BCUT2D eigenvalue weighted by Gasteiger charge is 2.29. The minimum Gasteiger partial charge on any atom is -0.485 e. The van der Waals surface area contributed by atoms with Gasteiger partial charge < -0.3 is 4.74 Å². The lowest BCUT2D eigenvalue weighted by molar-refractivity contribution is -0.395. The lowest BCUT2D eigenvalue weighted by atomic mass is 10.1. The molecule has 0 aliphatic carbocycles. The summed E-state index contributed by atoms with van der Waals surface area (Å²) in [5.74, 6) is -0.526. The van der Waals surface area contributed by atoms with Crippen molar-refractivity contribution in [2.24, 2.45) is 0 Å². The molecule has 9 heteroatoms. The average molecular weight is 261 g/mol. The molecular weight excluding hydrogens is 256 g/mol. The summed E-state index contributed by atoms with van der Waals surface area (Å²) in [6, 6.07) is 1.64. The normalized spacial score (nSPS) is 9.76. The van der Waals surface area contributed by atoms with Crippen LogP contribution >= 0.6 is 11.6 Å². The van der Waals surface area contributed by atoms with Crippen molar-refractivity contribution in [3.63, 3.8) is 0 Å². The van der Waals surface area contributed by atoms with Crippen LogP contribution in [0.3, 0.4) is 0 Å². The quantitative estimate of drug-likeness (QED) is 0.464. The summed E-state index contributed by atoms with van der Waals surface area (Å²) in [7, 11) is 1.05. The van der Waals surface area contributed by atoms with E-state index in [4.69, 9.17) is 11.6 Å². The average Bonchev–Trinajstić information content (AvgIpc) is 2.26. The van der Waals surface area contributed by atoms with E-state index >= 15 is 0 Å². The van der Waals surface area contributed by atoms with Gasteiger partial charge in [0.05, 0.1) is 17.0 Å². The van der Waals surface area contributed by atoms with Crippen LogP contribution in [0, 0.1) is 20.2 Å². The molecular formula is C8H5ClN2O6. The van der Waals surface area contributed by atoms with Gasteiger partial charge in [0.25, 0.3) is 11.0 Å². The van der Waals surface area contributed by atoms with Gasteiger partial charge in [-0.15, -0.1) is 0 Å². The smallest absolute Gasteiger partial charge is 0.319 e. The predicted molar refractivity (Wildman–Crippen MR) is 56.5 cm³/mol. The van der Waals surface area contributed by atoms with Crippen LogP contribution in [0.1, 0.15) is 10.4 Å². The number of benzene rings is 1. The SMILES string of the molecule is COc1c([N+](=O)[O-])cc(C(=O)Cl)cc1[N+](=O)[O-]. The lowest BCUT2D eigenvalue weighted by Gasteiger charge is -2.03. The van der Waals surface area contributed by atoms with Crippen molar-refractivity contribution in [1.82, 2.24) is 0 Å². The van der Waals surface area contributed by atoms with Crippen LogP contribution in [-0.4, -0.2) is 22.2 Å². The van der Waals surface area contributed by atoms with E-state index < -0.39 is 32.2 Å². The third kappa shape index (κ3) is 2.48. The number of nitro groups is 2. The van der Waals surface area contributed by atoms with Gasteiger partial charge in [0, 0.05) is 17.7 Å². The Labute approximate surface area is 99.0 Å². The van der Waals surface area contributed by atoms with Crippen LogP contribution in [-0.2, 0) is 0 Å². The molecule has 0 aromatic heterocycles. The number of rotatable bonds is 4. The van der Waals surface area contributed by atoms with Gasteiger partial charge in [0.2, 0.25) is 0 Å². The van der Waals surface area contributed by atoms with Crippen LogP contribution in [0.4, 0.5) is 11.4 Å². The Hall–Kier alpha value is -2.22. The molecule has 0 atom stereocenters. The van der Waals surface area contributed by atoms with Crippen LogP contribution in [0.2, 0.25) is 0 Å². The summed E-state index contributed by atoms with van der Waals surface area (Å²) >= 11 is 5.13. The van der Waals surface area contributed by atoms with Gasteiger partial charge >= 0.3 is 11.4 Å². The van der Waals surface area contributed by atoms with E-state index in [0.29, 0.717) is 0 Å². The molecule has 0 heterocycles. The molecule has 0 saturated carbocycles. The Morgan fingerprint density at radius 1 is 1.24 bits per heavy atom. The summed E-state index contributed by atoms with van der Waals surface area (Å²) in [6.07, 6.45) is 0. The zero-order valence-electron chi connectivity index (χ0n) is 8.38. The fourth-order valence-electron chi connectivity index (χ4n) is 1.19. The maximum absolute atomic E-state index is 10.9. The predicted octanol–water partition coefficient (Wildman–Crippen LogP) is 1.89. The van der Waals surface area contributed by atoms with Crippen LogP contribution in [0.5, 0.6) is 5.75 Å². The van der Waals surface area contributed by atoms with Crippen LogP contribution < -0.4 is 4.74 Å². The maximum Gasteiger partial charge on any atom is 0.319 e. The zero-order valence-corrected chi connectivity index (χ0v) is 9.13. The van der Waals surface area contributed by atoms with Crippen molar-refractivity contribution in [3.05, 3.63) is 37.9 Å². The number of halogens is 1. The summed E-state index contributed by atoms with van der Waals surface area (Å²) in [5.41, 5.74) is -1.72. The first-order valence-corrected chi connectivity index (χ1v) is 4.47. The van der Waals surface area contributed by atoms with E-state index in [-0.39, 0.29) is 5.56 Å². The molecule has 0 spiro atoms. The molecule has 0 amide bonds. The number of hydrogen-bond donors (Lipinski definition) is 0. The largest absolute Gasteiger partial charge is 0.485 e. The highest BCUT2D eigenvalue weighted by atomic mass is 35.5. The second-order valence-corrected chi connectivity index (χ2v) is 3.18. The molecule has 0 bridgehead atoms. The molecule has 90 valence electrons. The summed E-state index contributed by atoms with van der Waals surface area (Å²) < 4.78 is 4.60. The molecule has 0 N–H and O–H groups in total. The van der Waals surface area contributed by atoms with E-state index in [1.54, 1.807) is 0 Å². The van der Waals surface area contributed by atoms with Crippen LogP contribution in [0.25, 0.3) is 0 Å². The number of carbonyl (C=O) groups excluding carboxylic acids is 1. The van der Waals surface area contributed by atoms with Crippen molar-refractivity contribution in [3.8, 4) is 5.75 Å². The number of nitrogens with zero attached hydrogens (tertiary/aromatic N) is 2. The number of nitro benzene ring substituents is 2. The Morgan fingerprint density at radius 2 is 1.65 bits per heavy atom. The Morgan fingerprint density at radius 3 is 1.88 bits per heavy atom. The second-order valence-electron chi connectivity index (χ2n) is 2.84. The van der Waals surface area contributed by atoms with Crippen molar-refractivity contribution in [2.75, 3.05) is 7.11 Å². The van der Waals surface area contributed by atoms with Gasteiger partial charge in [0.15, 0.2) is 0 Å². The minimum atomic E-state index is -1.03. The number of hydrogen-bond acceptors (Lipinski definition) is 6. The standard InChI is InChI=1S/C8H5ClN2O6/c1-17-7-5(10(13)14)2-4(8(9)12)3-6(7)11(15)16/h2-3H,1H3. The van der Waals surface area contributed by atoms with Crippen molar-refractivity contribution >= 4 is 28.2 Å². The molecule has 1 aromatic rings. The van der Waals surface area contributed by atoms with Gasteiger partial charge in [-0.3, -0.25) is 25.0 Å². The van der Waals surface area contributed by atoms with Gasteiger partial charge in [-0.05, 0) is 11.6 Å². The van der Waals surface area contributed by atoms with Crippen LogP contribution in [0.15, 0.2) is 12.1 Å². The van der Waals surface area contributed by atoms with Gasteiger partial charge in [-0.25, -0.2) is 0 Å². The van der Waals surface area contributed by atoms with Gasteiger partial charge in [-0.2, -0.15) is 0 Å². The number of carbonyl (C=O) groups is 1. The zero-order chi connectivity index (χ0) is 13.2. The van der Waals surface area contributed by atoms with Crippen molar-refractivity contribution in [1.29, 1.82) is 0 Å². The van der Waals surface area contributed by atoms with E-state index in [9.17, 15) is 25.0 Å². The summed E-state index contributed by atoms with van der Waals surface area (Å²) in [6.45, 7) is 0. The minimum absolute atomic E-state index is 0.342. The monoisotopic (exact) mass is 260 g/mol. The second kappa shape index (κ2) is 4.74. The van der Waals surface area contributed by atoms with E-state index in [2.05, 4.69) is 4.74 Å². The first-order valence-electron chi connectivity index (χ1n) is 4.09. The summed E-state index contributed by atoms with van der Waals surface area (Å²) in [4.78, 5) is 30.4. The van der Waals surface area contributed by atoms with E-state index in [1.807, 2.05) is 0 Å². The molecule has 0 radical (unpaired) electrons. The first kappa shape index (κ1) is 12.8. The highest BCUT2D eigenvalue weighted by Crippen LogP contribution is 2.37. The van der Waals surface area contributed by atoms with Crippen molar-refractivity contribution in [2.45, 2.75) is 0 Å². The molecule has 0 aliphatic heterocycles. The Balaban J connectivity index is 3.63. The number of ether oxygens (including phenoxy) is 1. The third-order valence-corrected chi connectivity index (χ3v) is 2.09. The highest BCUT2D eigenvalue weighted by molar-refractivity contribution is 6.67. The molecule has 1 aromatic carbocycles. The fourth-order valence-corrected chi connectivity index (χ4v) is 1.30. The molecule has 8 nitrogen and oxygen atoms in total. The lowest BCUT2D eigenvalue weighted by Crippen LogP contribution is -2.02. The topological polar surface area (TPSA) is 113 Å². The Kier molecular flexibility index (Phi) is 3.59. The fraction of sp³-hybridized carbons (Fsp3) is 0.125. The Bertz CT molecular complexity index is 480. The molecule has 1 rings (SSSR count). The van der Waals surface area contributed by atoms with Gasteiger partial charge in [-0.1, -0.05) is 0 Å². The molecule has 17 heavy (non-hydrogen) atoms. The molecule has 0 fully saturated rings. The number of methoxy groups -OCH3 is 1. The van der Waals surface area contributed by atoms with E-state index in [0.717, 1.165) is 19.2 Å². The van der Waals surface area contributed by atoms with Gasteiger partial charge in [0.1, 0.15) is 0 Å². The van der Waals surface area contributed by atoms with Crippen molar-refractivity contribution < 1.29 is 19.4 Å². The third-order valence-electron chi connectivity index (χ3n) is 1.87.